The molecular formula is C20H23ClN4O2. The third kappa shape index (κ3) is 4.57. The van der Waals surface area contributed by atoms with Crippen LogP contribution >= 0.6 is 11.6 Å². The molecule has 1 aromatic carbocycles. The minimum atomic E-state index is -0.300. The first kappa shape index (κ1) is 19.2. The van der Waals surface area contributed by atoms with E-state index in [9.17, 15) is 4.79 Å². The van der Waals surface area contributed by atoms with Crippen LogP contribution in [0.15, 0.2) is 34.9 Å². The number of hydrogen-bond donors (Lipinski definition) is 1. The molecule has 2 aromatic heterocycles. The van der Waals surface area contributed by atoms with Crippen LogP contribution in [0.3, 0.4) is 0 Å². The first-order chi connectivity index (χ1) is 12.8. The van der Waals surface area contributed by atoms with Crippen LogP contribution in [0.25, 0.3) is 0 Å². The van der Waals surface area contributed by atoms with Crippen molar-refractivity contribution < 1.29 is 9.32 Å². The summed E-state index contributed by atoms with van der Waals surface area (Å²) >= 11 is 5.94. The number of anilines is 1. The van der Waals surface area contributed by atoms with Gasteiger partial charge in [-0.25, -0.2) is 0 Å². The summed E-state index contributed by atoms with van der Waals surface area (Å²) in [6, 6.07) is 9.32. The van der Waals surface area contributed by atoms with E-state index in [0.29, 0.717) is 28.9 Å². The minimum Gasteiger partial charge on any atom is -0.361 e. The summed E-state index contributed by atoms with van der Waals surface area (Å²) in [4.78, 5) is 12.5. The number of nitrogens with one attached hydrogen (secondary N) is 1. The molecule has 7 heteroatoms. The lowest BCUT2D eigenvalue weighted by Gasteiger charge is -2.06. The number of amides is 1. The number of halogens is 1. The van der Waals surface area contributed by atoms with Gasteiger partial charge in [0.15, 0.2) is 5.69 Å². The van der Waals surface area contributed by atoms with E-state index >= 15 is 0 Å². The van der Waals surface area contributed by atoms with Crippen molar-refractivity contribution in [3.05, 3.63) is 63.8 Å². The molecular weight excluding hydrogens is 364 g/mol. The molecule has 0 spiro atoms. The Bertz CT molecular complexity index is 942. The molecule has 1 N–H and O–H groups in total. The molecule has 3 rings (SSSR count). The number of rotatable bonds is 6. The maximum absolute atomic E-state index is 12.5. The molecule has 6 nitrogen and oxygen atoms in total. The van der Waals surface area contributed by atoms with Crippen molar-refractivity contribution in [1.29, 1.82) is 0 Å². The molecule has 142 valence electrons. The minimum absolute atomic E-state index is 0.273. The van der Waals surface area contributed by atoms with Crippen LogP contribution in [0.2, 0.25) is 5.02 Å². The quantitative estimate of drug-likeness (QED) is 0.669. The Balaban J connectivity index is 1.75. The number of aryl methyl sites for hydroxylation is 1. The van der Waals surface area contributed by atoms with Crippen LogP contribution < -0.4 is 5.32 Å². The predicted molar refractivity (Wildman–Crippen MR) is 105 cm³/mol. The Morgan fingerprint density at radius 2 is 1.96 bits per heavy atom. The van der Waals surface area contributed by atoms with Crippen molar-refractivity contribution in [3.8, 4) is 0 Å². The van der Waals surface area contributed by atoms with Gasteiger partial charge in [-0.2, -0.15) is 5.10 Å². The Hall–Kier alpha value is -2.60. The van der Waals surface area contributed by atoms with Gasteiger partial charge in [-0.1, -0.05) is 42.7 Å². The highest BCUT2D eigenvalue weighted by Gasteiger charge is 2.18. The van der Waals surface area contributed by atoms with E-state index in [2.05, 4.69) is 29.4 Å². The maximum Gasteiger partial charge on any atom is 0.277 e. The third-order valence-corrected chi connectivity index (χ3v) is 4.52. The predicted octanol–water partition coefficient (Wildman–Crippen LogP) is 4.64. The molecule has 0 fully saturated rings. The molecule has 2 heterocycles. The number of carbonyl (C=O) groups excluding carboxylic acids is 1. The normalized spacial score (nSPS) is 11.2. The lowest BCUT2D eigenvalue weighted by molar-refractivity contribution is 0.101. The number of benzene rings is 1. The largest absolute Gasteiger partial charge is 0.361 e. The number of carbonyl (C=O) groups is 1. The summed E-state index contributed by atoms with van der Waals surface area (Å²) in [5.41, 5.74) is 3.68. The van der Waals surface area contributed by atoms with Gasteiger partial charge in [0.05, 0.1) is 23.6 Å². The smallest absolute Gasteiger partial charge is 0.277 e. The molecule has 0 saturated carbocycles. The van der Waals surface area contributed by atoms with Gasteiger partial charge in [0.25, 0.3) is 5.91 Å². The average molecular weight is 387 g/mol. The van der Waals surface area contributed by atoms with Crippen molar-refractivity contribution in [2.45, 2.75) is 40.7 Å². The summed E-state index contributed by atoms with van der Waals surface area (Å²) < 4.78 is 7.11. The number of nitrogens with zero attached hydrogens (tertiary/aromatic N) is 3. The van der Waals surface area contributed by atoms with Crippen molar-refractivity contribution >= 4 is 23.2 Å². The Labute approximate surface area is 163 Å². The van der Waals surface area contributed by atoms with E-state index in [1.165, 1.54) is 0 Å². The van der Waals surface area contributed by atoms with E-state index in [0.717, 1.165) is 23.4 Å². The fourth-order valence-corrected chi connectivity index (χ4v) is 3.02. The number of hydrogen-bond acceptors (Lipinski definition) is 4. The molecule has 1 amide bonds. The van der Waals surface area contributed by atoms with Gasteiger partial charge in [0.1, 0.15) is 5.76 Å². The summed E-state index contributed by atoms with van der Waals surface area (Å²) in [5.74, 6) is 0.845. The monoisotopic (exact) mass is 386 g/mol. The SMILES string of the molecule is Cc1nn(Cc2ccc(Cl)cc2)c(C)c1NC(=O)c1cc(CC(C)C)on1. The highest BCUT2D eigenvalue weighted by molar-refractivity contribution is 6.30. The molecule has 0 aliphatic rings. The van der Waals surface area contributed by atoms with E-state index in [1.54, 1.807) is 6.07 Å². The van der Waals surface area contributed by atoms with E-state index in [-0.39, 0.29) is 11.6 Å². The molecule has 0 radical (unpaired) electrons. The van der Waals surface area contributed by atoms with Crippen LogP contribution in [0.5, 0.6) is 0 Å². The van der Waals surface area contributed by atoms with Crippen LogP contribution in [0.4, 0.5) is 5.69 Å². The first-order valence-corrected chi connectivity index (χ1v) is 9.26. The molecule has 0 bridgehead atoms. The molecule has 0 aliphatic heterocycles. The van der Waals surface area contributed by atoms with Gasteiger partial charge < -0.3 is 9.84 Å². The van der Waals surface area contributed by atoms with Crippen LogP contribution in [0, 0.1) is 19.8 Å². The zero-order valence-electron chi connectivity index (χ0n) is 15.9. The van der Waals surface area contributed by atoms with Crippen molar-refractivity contribution in [2.24, 2.45) is 5.92 Å². The van der Waals surface area contributed by atoms with E-state index < -0.39 is 0 Å². The second kappa shape index (κ2) is 7.96. The Morgan fingerprint density at radius 1 is 1.26 bits per heavy atom. The second-order valence-electron chi connectivity index (χ2n) is 7.06. The van der Waals surface area contributed by atoms with Gasteiger partial charge in [0, 0.05) is 17.5 Å². The highest BCUT2D eigenvalue weighted by Crippen LogP contribution is 2.22. The topological polar surface area (TPSA) is 73.0 Å². The number of aromatic nitrogens is 3. The highest BCUT2D eigenvalue weighted by atomic mass is 35.5. The summed E-state index contributed by atoms with van der Waals surface area (Å²) in [5, 5.41) is 12.0. The molecule has 27 heavy (non-hydrogen) atoms. The average Bonchev–Trinajstić information content (AvgIpc) is 3.17. The van der Waals surface area contributed by atoms with E-state index in [1.807, 2.05) is 42.8 Å². The third-order valence-electron chi connectivity index (χ3n) is 4.27. The zero-order chi connectivity index (χ0) is 19.6. The molecule has 0 saturated heterocycles. The lowest BCUT2D eigenvalue weighted by Crippen LogP contribution is -2.13. The van der Waals surface area contributed by atoms with Crippen molar-refractivity contribution in [3.63, 3.8) is 0 Å². The van der Waals surface area contributed by atoms with Gasteiger partial charge in [0.2, 0.25) is 0 Å². The van der Waals surface area contributed by atoms with Gasteiger partial charge in [-0.3, -0.25) is 9.48 Å². The first-order valence-electron chi connectivity index (χ1n) is 8.89. The van der Waals surface area contributed by atoms with Crippen LogP contribution in [0.1, 0.15) is 47.0 Å². The van der Waals surface area contributed by atoms with Crippen LogP contribution in [-0.2, 0) is 13.0 Å². The summed E-state index contributed by atoms with van der Waals surface area (Å²) in [6.45, 7) is 8.57. The van der Waals surface area contributed by atoms with Crippen LogP contribution in [-0.4, -0.2) is 20.8 Å². The molecule has 0 unspecified atom stereocenters. The lowest BCUT2D eigenvalue weighted by atomic mass is 10.1. The van der Waals surface area contributed by atoms with Gasteiger partial charge in [-0.05, 0) is 37.5 Å². The second-order valence-corrected chi connectivity index (χ2v) is 7.50. The molecule has 3 aromatic rings. The molecule has 0 aliphatic carbocycles. The summed E-state index contributed by atoms with van der Waals surface area (Å²) in [7, 11) is 0. The van der Waals surface area contributed by atoms with E-state index in [4.69, 9.17) is 16.1 Å². The summed E-state index contributed by atoms with van der Waals surface area (Å²) in [6.07, 6.45) is 0.747. The standard InChI is InChI=1S/C20H23ClN4O2/c1-12(2)9-17-10-18(24-27-17)20(26)22-19-13(3)23-25(14(19)4)11-15-5-7-16(21)8-6-15/h5-8,10,12H,9,11H2,1-4H3,(H,22,26). The fourth-order valence-electron chi connectivity index (χ4n) is 2.89. The molecule has 0 atom stereocenters. The zero-order valence-corrected chi connectivity index (χ0v) is 16.7. The van der Waals surface area contributed by atoms with Crippen molar-refractivity contribution in [1.82, 2.24) is 14.9 Å². The van der Waals surface area contributed by atoms with Gasteiger partial charge >= 0.3 is 0 Å². The maximum atomic E-state index is 12.5. The Kier molecular flexibility index (Phi) is 5.65. The van der Waals surface area contributed by atoms with Gasteiger partial charge in [-0.15, -0.1) is 0 Å². The Morgan fingerprint density at radius 3 is 2.63 bits per heavy atom. The van der Waals surface area contributed by atoms with Crippen molar-refractivity contribution in [2.75, 3.05) is 5.32 Å². The fraction of sp³-hybridized carbons (Fsp3) is 0.350.